The maximum atomic E-state index is 10.5. The molecule has 1 fully saturated rings. The van der Waals surface area contributed by atoms with Crippen LogP contribution in [-0.2, 0) is 13.5 Å². The summed E-state index contributed by atoms with van der Waals surface area (Å²) in [5.74, 6) is 0. The zero-order valence-corrected chi connectivity index (χ0v) is 10.5. The molecule has 1 saturated carbocycles. The van der Waals surface area contributed by atoms with Crippen LogP contribution < -0.4 is 0 Å². The molecule has 1 heterocycles. The van der Waals surface area contributed by atoms with Gasteiger partial charge in [-0.25, -0.2) is 0 Å². The molecular formula is C13H22N2O. The topological polar surface area (TPSA) is 38.0 Å². The molecule has 2 rings (SSSR count). The van der Waals surface area contributed by atoms with Gasteiger partial charge < -0.3 is 5.11 Å². The third-order valence-corrected chi connectivity index (χ3v) is 3.84. The molecule has 0 saturated heterocycles. The summed E-state index contributed by atoms with van der Waals surface area (Å²) in [5.41, 5.74) is 1.06. The highest BCUT2D eigenvalue weighted by molar-refractivity contribution is 5.03. The first-order valence-electron chi connectivity index (χ1n) is 6.10. The van der Waals surface area contributed by atoms with Crippen molar-refractivity contribution >= 4 is 0 Å². The second-order valence-corrected chi connectivity index (χ2v) is 6.01. The van der Waals surface area contributed by atoms with E-state index in [0.717, 1.165) is 32.1 Å². The van der Waals surface area contributed by atoms with E-state index in [1.807, 2.05) is 24.0 Å². The molecule has 90 valence electrons. The Hall–Kier alpha value is -0.830. The van der Waals surface area contributed by atoms with Gasteiger partial charge in [-0.3, -0.25) is 4.68 Å². The molecule has 1 aromatic rings. The second kappa shape index (κ2) is 3.88. The lowest BCUT2D eigenvalue weighted by atomic mass is 9.87. The number of aryl methyl sites for hydroxylation is 2. The van der Waals surface area contributed by atoms with Gasteiger partial charge in [-0.15, -0.1) is 0 Å². The first kappa shape index (κ1) is 11.6. The lowest BCUT2D eigenvalue weighted by molar-refractivity contribution is 0.0288. The smallest absolute Gasteiger partial charge is 0.0656 e. The quantitative estimate of drug-likeness (QED) is 0.852. The van der Waals surface area contributed by atoms with Gasteiger partial charge in [-0.2, -0.15) is 5.10 Å². The van der Waals surface area contributed by atoms with Gasteiger partial charge in [0.05, 0.1) is 5.60 Å². The number of aromatic nitrogens is 2. The van der Waals surface area contributed by atoms with Crippen LogP contribution in [0, 0.1) is 5.41 Å². The van der Waals surface area contributed by atoms with Gasteiger partial charge in [0.2, 0.25) is 0 Å². The third-order valence-electron chi connectivity index (χ3n) is 3.84. The molecule has 3 nitrogen and oxygen atoms in total. The second-order valence-electron chi connectivity index (χ2n) is 6.01. The molecule has 1 aromatic heterocycles. The van der Waals surface area contributed by atoms with Gasteiger partial charge in [0.15, 0.2) is 0 Å². The number of hydrogen-bond acceptors (Lipinski definition) is 2. The average molecular weight is 222 g/mol. The van der Waals surface area contributed by atoms with Gasteiger partial charge in [0.25, 0.3) is 0 Å². The Morgan fingerprint density at radius 1 is 1.44 bits per heavy atom. The Balaban J connectivity index is 1.94. The van der Waals surface area contributed by atoms with E-state index in [0.29, 0.717) is 5.41 Å². The summed E-state index contributed by atoms with van der Waals surface area (Å²) in [6.45, 7) is 4.49. The molecule has 0 aliphatic heterocycles. The lowest BCUT2D eigenvalue weighted by Crippen LogP contribution is -2.27. The van der Waals surface area contributed by atoms with Crippen molar-refractivity contribution in [2.75, 3.05) is 0 Å². The van der Waals surface area contributed by atoms with E-state index in [-0.39, 0.29) is 0 Å². The summed E-state index contributed by atoms with van der Waals surface area (Å²) in [7, 11) is 1.96. The molecule has 1 atom stereocenters. The maximum Gasteiger partial charge on any atom is 0.0656 e. The van der Waals surface area contributed by atoms with Gasteiger partial charge in [-0.1, -0.05) is 13.8 Å². The predicted octanol–water partition coefficient (Wildman–Crippen LogP) is 2.29. The largest absolute Gasteiger partial charge is 0.390 e. The van der Waals surface area contributed by atoms with Crippen molar-refractivity contribution < 1.29 is 5.11 Å². The molecular weight excluding hydrogens is 200 g/mol. The lowest BCUT2D eigenvalue weighted by Gasteiger charge is -2.25. The van der Waals surface area contributed by atoms with Crippen molar-refractivity contribution in [3.63, 3.8) is 0 Å². The summed E-state index contributed by atoms with van der Waals surface area (Å²) in [6, 6.07) is 2.03. The molecule has 0 spiro atoms. The monoisotopic (exact) mass is 222 g/mol. The number of aliphatic hydroxyl groups is 1. The molecule has 0 bridgehead atoms. The first-order valence-corrected chi connectivity index (χ1v) is 6.10. The van der Waals surface area contributed by atoms with E-state index in [9.17, 15) is 5.11 Å². The Bertz CT molecular complexity index is 370. The van der Waals surface area contributed by atoms with Crippen LogP contribution >= 0.6 is 0 Å². The van der Waals surface area contributed by atoms with Crippen molar-refractivity contribution in [1.29, 1.82) is 0 Å². The summed E-state index contributed by atoms with van der Waals surface area (Å²) in [5, 5.41) is 14.6. The number of nitrogens with zero attached hydrogens (tertiary/aromatic N) is 2. The van der Waals surface area contributed by atoms with Gasteiger partial charge >= 0.3 is 0 Å². The van der Waals surface area contributed by atoms with Crippen LogP contribution in [0.25, 0.3) is 0 Å². The molecule has 1 unspecified atom stereocenters. The Morgan fingerprint density at radius 2 is 2.19 bits per heavy atom. The molecule has 3 heteroatoms. The Morgan fingerprint density at radius 3 is 2.69 bits per heavy atom. The number of hydrogen-bond donors (Lipinski definition) is 1. The SMILES string of the molecule is Cn1nccc1CCC1(O)CCC(C)(C)C1. The van der Waals surface area contributed by atoms with Crippen molar-refractivity contribution in [2.45, 2.75) is 51.6 Å². The molecule has 1 aliphatic rings. The standard InChI is InChI=1S/C13H22N2O/c1-12(2)7-8-13(16,10-12)6-4-11-5-9-14-15(11)3/h5,9,16H,4,6-8,10H2,1-3H3. The maximum absolute atomic E-state index is 10.5. The Labute approximate surface area is 97.5 Å². The fourth-order valence-corrected chi connectivity index (χ4v) is 2.86. The van der Waals surface area contributed by atoms with E-state index < -0.39 is 5.60 Å². The molecule has 0 aromatic carbocycles. The van der Waals surface area contributed by atoms with Crippen molar-refractivity contribution in [3.8, 4) is 0 Å². The normalized spacial score (nSPS) is 28.5. The molecule has 16 heavy (non-hydrogen) atoms. The van der Waals surface area contributed by atoms with Crippen LogP contribution in [0.1, 0.15) is 45.2 Å². The van der Waals surface area contributed by atoms with E-state index in [4.69, 9.17) is 0 Å². The minimum Gasteiger partial charge on any atom is -0.390 e. The van der Waals surface area contributed by atoms with Crippen molar-refractivity contribution in [3.05, 3.63) is 18.0 Å². The van der Waals surface area contributed by atoms with Gasteiger partial charge in [0, 0.05) is 18.9 Å². The molecule has 0 amide bonds. The zero-order valence-electron chi connectivity index (χ0n) is 10.5. The molecule has 0 radical (unpaired) electrons. The highest BCUT2D eigenvalue weighted by Crippen LogP contribution is 2.45. The van der Waals surface area contributed by atoms with Gasteiger partial charge in [-0.05, 0) is 43.6 Å². The van der Waals surface area contributed by atoms with E-state index in [1.165, 1.54) is 5.69 Å². The van der Waals surface area contributed by atoms with Crippen LogP contribution in [0.15, 0.2) is 12.3 Å². The van der Waals surface area contributed by atoms with Gasteiger partial charge in [0.1, 0.15) is 0 Å². The van der Waals surface area contributed by atoms with Crippen LogP contribution in [0.5, 0.6) is 0 Å². The van der Waals surface area contributed by atoms with E-state index in [2.05, 4.69) is 18.9 Å². The minimum atomic E-state index is -0.451. The van der Waals surface area contributed by atoms with Crippen molar-refractivity contribution in [1.82, 2.24) is 9.78 Å². The zero-order chi connectivity index (χ0) is 11.8. The van der Waals surface area contributed by atoms with Crippen LogP contribution in [0.3, 0.4) is 0 Å². The number of rotatable bonds is 3. The third kappa shape index (κ3) is 2.46. The van der Waals surface area contributed by atoms with Crippen molar-refractivity contribution in [2.24, 2.45) is 12.5 Å². The fraction of sp³-hybridized carbons (Fsp3) is 0.769. The van der Waals surface area contributed by atoms with E-state index >= 15 is 0 Å². The van der Waals surface area contributed by atoms with Crippen LogP contribution in [0.2, 0.25) is 0 Å². The predicted molar refractivity (Wildman–Crippen MR) is 64.1 cm³/mol. The highest BCUT2D eigenvalue weighted by atomic mass is 16.3. The summed E-state index contributed by atoms with van der Waals surface area (Å²) in [4.78, 5) is 0. The van der Waals surface area contributed by atoms with Crippen LogP contribution in [0.4, 0.5) is 0 Å². The summed E-state index contributed by atoms with van der Waals surface area (Å²) in [6.07, 6.45) is 6.60. The highest BCUT2D eigenvalue weighted by Gasteiger charge is 2.41. The van der Waals surface area contributed by atoms with Crippen LogP contribution in [-0.4, -0.2) is 20.5 Å². The summed E-state index contributed by atoms with van der Waals surface area (Å²) < 4.78 is 1.89. The molecule has 1 N–H and O–H groups in total. The Kier molecular flexibility index (Phi) is 2.82. The fourth-order valence-electron chi connectivity index (χ4n) is 2.86. The first-order chi connectivity index (χ1) is 7.40. The summed E-state index contributed by atoms with van der Waals surface area (Å²) >= 11 is 0. The molecule has 1 aliphatic carbocycles. The van der Waals surface area contributed by atoms with E-state index in [1.54, 1.807) is 0 Å². The average Bonchev–Trinajstić information content (AvgIpc) is 2.69. The minimum absolute atomic E-state index is 0.307.